The first kappa shape index (κ1) is 17.6. The van der Waals surface area contributed by atoms with E-state index in [1.54, 1.807) is 14.2 Å². The standard InChI is InChI=1S/C16H28N2O3/c1-13(2)21-16-12-14(6-7-15(16)17)18(9-11-20-4)8-5-10-19-3/h6-7,12-13H,5,8-11,17H2,1-4H3. The molecule has 5 nitrogen and oxygen atoms in total. The average molecular weight is 296 g/mol. The minimum atomic E-state index is 0.100. The number of nitrogens with two attached hydrogens (primary N) is 1. The second-order valence-electron chi connectivity index (χ2n) is 5.21. The van der Waals surface area contributed by atoms with Crippen LogP contribution >= 0.6 is 0 Å². The number of methoxy groups -OCH3 is 2. The third kappa shape index (κ3) is 6.23. The van der Waals surface area contributed by atoms with Gasteiger partial charge in [-0.15, -0.1) is 0 Å². The Morgan fingerprint density at radius 2 is 1.81 bits per heavy atom. The molecule has 0 atom stereocenters. The third-order valence-electron chi connectivity index (χ3n) is 3.07. The SMILES string of the molecule is COCCCN(CCOC)c1ccc(N)c(OC(C)C)c1. The van der Waals surface area contributed by atoms with Crippen molar-refractivity contribution in [3.8, 4) is 5.75 Å². The van der Waals surface area contributed by atoms with Gasteiger partial charge >= 0.3 is 0 Å². The number of ether oxygens (including phenoxy) is 3. The van der Waals surface area contributed by atoms with E-state index in [4.69, 9.17) is 19.9 Å². The van der Waals surface area contributed by atoms with Gasteiger partial charge in [-0.2, -0.15) is 0 Å². The highest BCUT2D eigenvalue weighted by atomic mass is 16.5. The van der Waals surface area contributed by atoms with Crippen LogP contribution in [0.1, 0.15) is 20.3 Å². The normalized spacial score (nSPS) is 10.9. The molecular formula is C16H28N2O3. The molecule has 0 saturated heterocycles. The molecule has 120 valence electrons. The van der Waals surface area contributed by atoms with Crippen molar-refractivity contribution in [1.29, 1.82) is 0 Å². The molecule has 0 bridgehead atoms. The topological polar surface area (TPSA) is 57.0 Å². The zero-order valence-electron chi connectivity index (χ0n) is 13.6. The first-order chi connectivity index (χ1) is 10.1. The van der Waals surface area contributed by atoms with Crippen molar-refractivity contribution >= 4 is 11.4 Å². The van der Waals surface area contributed by atoms with E-state index in [1.807, 2.05) is 32.0 Å². The number of nitrogens with zero attached hydrogens (tertiary/aromatic N) is 1. The maximum atomic E-state index is 5.97. The Balaban J connectivity index is 2.84. The maximum Gasteiger partial charge on any atom is 0.144 e. The summed E-state index contributed by atoms with van der Waals surface area (Å²) in [4.78, 5) is 2.26. The highest BCUT2D eigenvalue weighted by Gasteiger charge is 2.10. The minimum Gasteiger partial charge on any atom is -0.489 e. The van der Waals surface area contributed by atoms with Crippen molar-refractivity contribution in [2.45, 2.75) is 26.4 Å². The fourth-order valence-corrected chi connectivity index (χ4v) is 2.05. The van der Waals surface area contributed by atoms with E-state index in [9.17, 15) is 0 Å². The second kappa shape index (κ2) is 9.47. The summed E-state index contributed by atoms with van der Waals surface area (Å²) >= 11 is 0. The molecule has 0 unspecified atom stereocenters. The van der Waals surface area contributed by atoms with E-state index < -0.39 is 0 Å². The molecule has 1 aromatic rings. The zero-order chi connectivity index (χ0) is 15.7. The van der Waals surface area contributed by atoms with E-state index in [2.05, 4.69) is 4.90 Å². The van der Waals surface area contributed by atoms with Crippen molar-refractivity contribution in [3.05, 3.63) is 18.2 Å². The molecule has 1 aromatic carbocycles. The van der Waals surface area contributed by atoms with Gasteiger partial charge in [0.1, 0.15) is 5.75 Å². The van der Waals surface area contributed by atoms with Gasteiger partial charge in [0.05, 0.1) is 18.4 Å². The van der Waals surface area contributed by atoms with Crippen LogP contribution in [0.3, 0.4) is 0 Å². The van der Waals surface area contributed by atoms with E-state index in [-0.39, 0.29) is 6.10 Å². The molecule has 0 heterocycles. The molecule has 0 spiro atoms. The van der Waals surface area contributed by atoms with Crippen LogP contribution < -0.4 is 15.4 Å². The molecule has 2 N–H and O–H groups in total. The minimum absolute atomic E-state index is 0.100. The Bertz CT molecular complexity index is 411. The molecular weight excluding hydrogens is 268 g/mol. The first-order valence-electron chi connectivity index (χ1n) is 7.37. The van der Waals surface area contributed by atoms with Crippen LogP contribution in [-0.2, 0) is 9.47 Å². The highest BCUT2D eigenvalue weighted by Crippen LogP contribution is 2.28. The van der Waals surface area contributed by atoms with Crippen LogP contribution in [0.15, 0.2) is 18.2 Å². The van der Waals surface area contributed by atoms with Crippen LogP contribution in [0.25, 0.3) is 0 Å². The molecule has 1 rings (SSSR count). The summed E-state index contributed by atoms with van der Waals surface area (Å²) in [6.45, 7) is 7.14. The number of benzene rings is 1. The van der Waals surface area contributed by atoms with Gasteiger partial charge in [-0.3, -0.25) is 0 Å². The molecule has 0 aliphatic rings. The number of anilines is 2. The lowest BCUT2D eigenvalue weighted by molar-refractivity contribution is 0.191. The highest BCUT2D eigenvalue weighted by molar-refractivity contribution is 5.62. The summed E-state index contributed by atoms with van der Waals surface area (Å²) < 4.78 is 16.1. The Labute approximate surface area is 128 Å². The van der Waals surface area contributed by atoms with E-state index in [1.165, 1.54) is 0 Å². The largest absolute Gasteiger partial charge is 0.489 e. The number of hydrogen-bond acceptors (Lipinski definition) is 5. The Morgan fingerprint density at radius 3 is 2.43 bits per heavy atom. The fourth-order valence-electron chi connectivity index (χ4n) is 2.05. The molecule has 0 fully saturated rings. The summed E-state index contributed by atoms with van der Waals surface area (Å²) in [7, 11) is 3.43. The van der Waals surface area contributed by atoms with Crippen LogP contribution in [0, 0.1) is 0 Å². The molecule has 0 saturated carbocycles. The molecule has 0 radical (unpaired) electrons. The van der Waals surface area contributed by atoms with Crippen LogP contribution in [0.4, 0.5) is 11.4 Å². The lowest BCUT2D eigenvalue weighted by atomic mass is 10.2. The van der Waals surface area contributed by atoms with Crippen molar-refractivity contribution in [2.24, 2.45) is 0 Å². The summed E-state index contributed by atoms with van der Waals surface area (Å²) in [6.07, 6.45) is 1.06. The average Bonchev–Trinajstić information content (AvgIpc) is 2.45. The van der Waals surface area contributed by atoms with E-state index in [0.29, 0.717) is 12.3 Å². The van der Waals surface area contributed by atoms with E-state index in [0.717, 1.165) is 37.6 Å². The second-order valence-corrected chi connectivity index (χ2v) is 5.21. The Kier molecular flexibility index (Phi) is 7.93. The van der Waals surface area contributed by atoms with Gasteiger partial charge in [0.15, 0.2) is 0 Å². The predicted octanol–water partition coefficient (Wildman–Crippen LogP) is 2.55. The van der Waals surface area contributed by atoms with Crippen LogP contribution in [0.2, 0.25) is 0 Å². The number of nitrogen functional groups attached to an aromatic ring is 1. The Morgan fingerprint density at radius 1 is 1.10 bits per heavy atom. The quantitative estimate of drug-likeness (QED) is 0.531. The predicted molar refractivity (Wildman–Crippen MR) is 87.2 cm³/mol. The number of hydrogen-bond donors (Lipinski definition) is 1. The van der Waals surface area contributed by atoms with Crippen molar-refractivity contribution in [3.63, 3.8) is 0 Å². The van der Waals surface area contributed by atoms with Gasteiger partial charge in [-0.25, -0.2) is 0 Å². The van der Waals surface area contributed by atoms with Crippen molar-refractivity contribution in [2.75, 3.05) is 51.2 Å². The lowest BCUT2D eigenvalue weighted by Crippen LogP contribution is -2.29. The van der Waals surface area contributed by atoms with Crippen molar-refractivity contribution in [1.82, 2.24) is 0 Å². The van der Waals surface area contributed by atoms with Gasteiger partial charge in [0.25, 0.3) is 0 Å². The molecule has 0 aromatic heterocycles. The third-order valence-corrected chi connectivity index (χ3v) is 3.07. The molecule has 0 aliphatic heterocycles. The van der Waals surface area contributed by atoms with Gasteiger partial charge < -0.3 is 24.8 Å². The summed E-state index contributed by atoms with van der Waals surface area (Å²) in [5, 5.41) is 0. The van der Waals surface area contributed by atoms with Crippen LogP contribution in [0.5, 0.6) is 5.75 Å². The van der Waals surface area contributed by atoms with Gasteiger partial charge in [0, 0.05) is 45.7 Å². The monoisotopic (exact) mass is 296 g/mol. The van der Waals surface area contributed by atoms with E-state index >= 15 is 0 Å². The first-order valence-corrected chi connectivity index (χ1v) is 7.37. The smallest absolute Gasteiger partial charge is 0.144 e. The van der Waals surface area contributed by atoms with Crippen LogP contribution in [-0.4, -0.2) is 46.6 Å². The fraction of sp³-hybridized carbons (Fsp3) is 0.625. The summed E-state index contributed by atoms with van der Waals surface area (Å²) in [5.74, 6) is 0.733. The summed E-state index contributed by atoms with van der Waals surface area (Å²) in [5.41, 5.74) is 7.73. The molecule has 21 heavy (non-hydrogen) atoms. The van der Waals surface area contributed by atoms with Gasteiger partial charge in [0.2, 0.25) is 0 Å². The molecule has 5 heteroatoms. The Hall–Kier alpha value is -1.46. The van der Waals surface area contributed by atoms with Gasteiger partial charge in [-0.1, -0.05) is 0 Å². The lowest BCUT2D eigenvalue weighted by Gasteiger charge is -2.25. The van der Waals surface area contributed by atoms with Gasteiger partial charge in [-0.05, 0) is 32.4 Å². The zero-order valence-corrected chi connectivity index (χ0v) is 13.6. The van der Waals surface area contributed by atoms with Crippen molar-refractivity contribution < 1.29 is 14.2 Å². The maximum absolute atomic E-state index is 5.97. The number of rotatable bonds is 10. The summed E-state index contributed by atoms with van der Waals surface area (Å²) in [6, 6.07) is 5.91. The molecule has 0 amide bonds. The molecule has 0 aliphatic carbocycles.